The van der Waals surface area contributed by atoms with Gasteiger partial charge in [-0.2, -0.15) is 8.42 Å². The van der Waals surface area contributed by atoms with Crippen LogP contribution in [0, 0.1) is 0 Å². The number of aliphatic hydroxyl groups is 1. The van der Waals surface area contributed by atoms with Gasteiger partial charge in [-0.1, -0.05) is 30.3 Å². The van der Waals surface area contributed by atoms with Gasteiger partial charge in [0, 0.05) is 0 Å². The van der Waals surface area contributed by atoms with Crippen molar-refractivity contribution in [2.75, 3.05) is 5.75 Å². The van der Waals surface area contributed by atoms with Crippen molar-refractivity contribution in [1.29, 1.82) is 0 Å². The van der Waals surface area contributed by atoms with Crippen molar-refractivity contribution in [3.8, 4) is 0 Å². The van der Waals surface area contributed by atoms with E-state index in [2.05, 4.69) is 0 Å². The van der Waals surface area contributed by atoms with Crippen molar-refractivity contribution >= 4 is 10.1 Å². The third kappa shape index (κ3) is 4.92. The van der Waals surface area contributed by atoms with E-state index in [9.17, 15) is 13.5 Å². The van der Waals surface area contributed by atoms with Crippen molar-refractivity contribution in [1.82, 2.24) is 0 Å². The lowest BCUT2D eigenvalue weighted by atomic mass is 10.1. The Hall–Kier alpha value is -0.910. The van der Waals surface area contributed by atoms with E-state index in [1.807, 2.05) is 6.07 Å². The zero-order valence-corrected chi connectivity index (χ0v) is 9.02. The smallest absolute Gasteiger partial charge is 0.264 e. The Morgan fingerprint density at radius 2 is 1.80 bits per heavy atom. The molecule has 0 saturated heterocycles. The minimum Gasteiger partial charge on any atom is -0.388 e. The molecule has 15 heavy (non-hydrogen) atoms. The van der Waals surface area contributed by atoms with Gasteiger partial charge in [0.15, 0.2) is 0 Å². The predicted molar refractivity (Wildman–Crippen MR) is 57.1 cm³/mol. The largest absolute Gasteiger partial charge is 0.388 e. The van der Waals surface area contributed by atoms with E-state index in [-0.39, 0.29) is 12.2 Å². The van der Waals surface area contributed by atoms with Crippen molar-refractivity contribution in [2.45, 2.75) is 18.9 Å². The van der Waals surface area contributed by atoms with Gasteiger partial charge < -0.3 is 5.11 Å². The number of benzene rings is 1. The highest BCUT2D eigenvalue weighted by Crippen LogP contribution is 2.17. The van der Waals surface area contributed by atoms with Crippen molar-refractivity contribution < 1.29 is 18.1 Å². The lowest BCUT2D eigenvalue weighted by Crippen LogP contribution is -2.06. The first-order chi connectivity index (χ1) is 6.99. The monoisotopic (exact) mass is 230 g/mol. The second kappa shape index (κ2) is 5.25. The van der Waals surface area contributed by atoms with Gasteiger partial charge in [-0.05, 0) is 18.4 Å². The molecule has 0 saturated carbocycles. The van der Waals surface area contributed by atoms with Gasteiger partial charge in [-0.3, -0.25) is 4.55 Å². The molecule has 1 aromatic carbocycles. The van der Waals surface area contributed by atoms with Crippen LogP contribution in [0.4, 0.5) is 0 Å². The fraction of sp³-hybridized carbons (Fsp3) is 0.400. The maximum absolute atomic E-state index is 10.4. The Morgan fingerprint density at radius 3 is 2.33 bits per heavy atom. The first-order valence-electron chi connectivity index (χ1n) is 4.67. The van der Waals surface area contributed by atoms with Crippen molar-refractivity contribution in [3.05, 3.63) is 35.9 Å². The zero-order chi connectivity index (χ0) is 11.3. The van der Waals surface area contributed by atoms with Crippen LogP contribution in [0.2, 0.25) is 0 Å². The molecule has 0 fully saturated rings. The highest BCUT2D eigenvalue weighted by molar-refractivity contribution is 7.85. The molecule has 84 valence electrons. The van der Waals surface area contributed by atoms with Crippen LogP contribution >= 0.6 is 0 Å². The molecular weight excluding hydrogens is 216 g/mol. The average Bonchev–Trinajstić information content (AvgIpc) is 2.17. The van der Waals surface area contributed by atoms with Crippen LogP contribution in [0.3, 0.4) is 0 Å². The summed E-state index contributed by atoms with van der Waals surface area (Å²) in [5, 5.41) is 9.64. The molecule has 4 nitrogen and oxygen atoms in total. The molecule has 0 bridgehead atoms. The number of rotatable bonds is 5. The average molecular weight is 230 g/mol. The van der Waals surface area contributed by atoms with Gasteiger partial charge in [0.1, 0.15) is 0 Å². The molecule has 0 unspecified atom stereocenters. The summed E-state index contributed by atoms with van der Waals surface area (Å²) in [6.45, 7) is 0. The lowest BCUT2D eigenvalue weighted by Gasteiger charge is -2.09. The maximum atomic E-state index is 10.4. The molecule has 0 spiro atoms. The second-order valence-corrected chi connectivity index (χ2v) is 4.93. The summed E-state index contributed by atoms with van der Waals surface area (Å²) < 4.78 is 29.3. The molecule has 1 aromatic rings. The molecule has 0 amide bonds. The topological polar surface area (TPSA) is 74.6 Å². The van der Waals surface area contributed by atoms with E-state index in [1.165, 1.54) is 0 Å². The lowest BCUT2D eigenvalue weighted by molar-refractivity contribution is 0.166. The molecule has 5 heteroatoms. The second-order valence-electron chi connectivity index (χ2n) is 3.35. The van der Waals surface area contributed by atoms with E-state index in [0.717, 1.165) is 5.56 Å². The number of hydrogen-bond donors (Lipinski definition) is 2. The predicted octanol–water partition coefficient (Wildman–Crippen LogP) is 1.39. The summed E-state index contributed by atoms with van der Waals surface area (Å²) in [4.78, 5) is 0. The molecule has 0 aromatic heterocycles. The summed E-state index contributed by atoms with van der Waals surface area (Å²) in [5.41, 5.74) is 0.757. The Kier molecular flexibility index (Phi) is 4.26. The van der Waals surface area contributed by atoms with Gasteiger partial charge in [0.05, 0.1) is 11.9 Å². The van der Waals surface area contributed by atoms with E-state index in [1.54, 1.807) is 24.3 Å². The third-order valence-electron chi connectivity index (χ3n) is 2.06. The molecule has 0 radical (unpaired) electrons. The fourth-order valence-corrected chi connectivity index (χ4v) is 1.83. The molecule has 1 atom stereocenters. The van der Waals surface area contributed by atoms with Crippen LogP contribution < -0.4 is 0 Å². The summed E-state index contributed by atoms with van der Waals surface area (Å²) in [6.07, 6.45) is -0.105. The van der Waals surface area contributed by atoms with Gasteiger partial charge in [0.2, 0.25) is 0 Å². The molecule has 0 aliphatic carbocycles. The van der Waals surface area contributed by atoms with Gasteiger partial charge in [-0.25, -0.2) is 0 Å². The first-order valence-corrected chi connectivity index (χ1v) is 6.28. The van der Waals surface area contributed by atoms with Crippen LogP contribution in [0.1, 0.15) is 24.5 Å². The fourth-order valence-electron chi connectivity index (χ4n) is 1.30. The molecule has 1 rings (SSSR count). The summed E-state index contributed by atoms with van der Waals surface area (Å²) in [6, 6.07) is 9.01. The summed E-state index contributed by atoms with van der Waals surface area (Å²) >= 11 is 0. The van der Waals surface area contributed by atoms with E-state index in [4.69, 9.17) is 4.55 Å². The third-order valence-corrected chi connectivity index (χ3v) is 2.87. The molecule has 2 N–H and O–H groups in total. The number of hydrogen-bond acceptors (Lipinski definition) is 3. The van der Waals surface area contributed by atoms with Gasteiger partial charge in [0.25, 0.3) is 10.1 Å². The van der Waals surface area contributed by atoms with Crippen LogP contribution in [-0.2, 0) is 10.1 Å². The highest BCUT2D eigenvalue weighted by atomic mass is 32.2. The SMILES string of the molecule is O=S(=O)(O)CCC[C@@H](O)c1ccccc1. The molecule has 0 heterocycles. The normalized spacial score (nSPS) is 13.7. The Morgan fingerprint density at radius 1 is 1.20 bits per heavy atom. The molecule has 0 aliphatic rings. The van der Waals surface area contributed by atoms with Crippen LogP contribution in [-0.4, -0.2) is 23.8 Å². The van der Waals surface area contributed by atoms with Gasteiger partial charge >= 0.3 is 0 Å². The Bertz CT molecular complexity index is 385. The number of aliphatic hydroxyl groups excluding tert-OH is 1. The van der Waals surface area contributed by atoms with E-state index >= 15 is 0 Å². The minimum atomic E-state index is -3.91. The van der Waals surface area contributed by atoms with Crippen LogP contribution in [0.5, 0.6) is 0 Å². The molecule has 0 aliphatic heterocycles. The molecular formula is C10H14O4S. The summed E-state index contributed by atoms with van der Waals surface area (Å²) in [5.74, 6) is -0.309. The van der Waals surface area contributed by atoms with E-state index < -0.39 is 16.2 Å². The van der Waals surface area contributed by atoms with Gasteiger partial charge in [-0.15, -0.1) is 0 Å². The summed E-state index contributed by atoms with van der Waals surface area (Å²) in [7, 11) is -3.91. The van der Waals surface area contributed by atoms with Crippen LogP contribution in [0.25, 0.3) is 0 Å². The maximum Gasteiger partial charge on any atom is 0.264 e. The quantitative estimate of drug-likeness (QED) is 0.749. The zero-order valence-electron chi connectivity index (χ0n) is 8.20. The first kappa shape index (κ1) is 12.2. The van der Waals surface area contributed by atoms with Crippen molar-refractivity contribution in [2.24, 2.45) is 0 Å². The van der Waals surface area contributed by atoms with E-state index in [0.29, 0.717) is 6.42 Å². The van der Waals surface area contributed by atoms with Crippen molar-refractivity contribution in [3.63, 3.8) is 0 Å². The van der Waals surface area contributed by atoms with Crippen LogP contribution in [0.15, 0.2) is 30.3 Å². The Labute approximate surface area is 89.3 Å². The highest BCUT2D eigenvalue weighted by Gasteiger charge is 2.09. The Balaban J connectivity index is 2.41. The standard InChI is InChI=1S/C10H14O4S/c11-10(7-4-8-15(12,13)14)9-5-2-1-3-6-9/h1-3,5-6,10-11H,4,7-8H2,(H,12,13,14)/t10-/m1/s1. The minimum absolute atomic E-state index is 0.245.